The Morgan fingerprint density at radius 1 is 0.541 bits per heavy atom. The summed E-state index contributed by atoms with van der Waals surface area (Å²) >= 11 is 1.72. The van der Waals surface area contributed by atoms with Gasteiger partial charge in [0.05, 0.1) is 40.1 Å². The maximum Gasteiger partial charge on any atom is 0.125 e. The minimum atomic E-state index is 1.02. The first-order valence-corrected chi connectivity index (χ1v) is 13.1. The van der Waals surface area contributed by atoms with Crippen molar-refractivity contribution in [3.05, 3.63) is 122 Å². The third kappa shape index (κ3) is 2.95. The maximum absolute atomic E-state index is 4.80. The summed E-state index contributed by atoms with van der Waals surface area (Å²) < 4.78 is 4.69. The molecule has 0 bridgehead atoms. The first-order chi connectivity index (χ1) is 18.4. The molecule has 174 valence electrons. The number of rotatable bonds is 3. The number of pyridine rings is 1. The van der Waals surface area contributed by atoms with E-state index in [2.05, 4.69) is 105 Å². The van der Waals surface area contributed by atoms with Crippen molar-refractivity contribution in [1.82, 2.24) is 19.1 Å². The molecule has 5 heteroatoms. The molecule has 4 nitrogen and oxygen atoms in total. The molecule has 0 spiro atoms. The number of fused-ring (bicyclic) bond motifs is 7. The van der Waals surface area contributed by atoms with E-state index in [1.165, 1.54) is 43.6 Å². The fourth-order valence-corrected chi connectivity index (χ4v) is 6.55. The van der Waals surface area contributed by atoms with Crippen LogP contribution < -0.4 is 0 Å². The molecule has 0 unspecified atom stereocenters. The Morgan fingerprint density at radius 3 is 1.89 bits per heavy atom. The summed E-state index contributed by atoms with van der Waals surface area (Å²) in [5.74, 6) is 0. The number of hydrogen-bond donors (Lipinski definition) is 0. The van der Waals surface area contributed by atoms with Crippen LogP contribution in [0.15, 0.2) is 122 Å². The molecule has 0 amide bonds. The average molecular weight is 493 g/mol. The lowest BCUT2D eigenvalue weighted by atomic mass is 10.1. The molecule has 37 heavy (non-hydrogen) atoms. The second kappa shape index (κ2) is 7.88. The average Bonchev–Trinajstić information content (AvgIpc) is 3.66. The van der Waals surface area contributed by atoms with Crippen LogP contribution in [0.1, 0.15) is 0 Å². The zero-order chi connectivity index (χ0) is 24.3. The molecular formula is C32H20N4S. The second-order valence-corrected chi connectivity index (χ2v) is 10.1. The molecule has 0 saturated carbocycles. The van der Waals surface area contributed by atoms with Crippen molar-refractivity contribution in [2.75, 3.05) is 0 Å². The lowest BCUT2D eigenvalue weighted by Gasteiger charge is -2.07. The molecule has 4 aromatic heterocycles. The molecule has 4 aromatic carbocycles. The van der Waals surface area contributed by atoms with E-state index in [1.54, 1.807) is 11.3 Å². The van der Waals surface area contributed by atoms with Crippen LogP contribution in [0.5, 0.6) is 0 Å². The van der Waals surface area contributed by atoms with Crippen LogP contribution in [0.25, 0.3) is 64.9 Å². The Bertz CT molecular complexity index is 2080. The van der Waals surface area contributed by atoms with E-state index in [0.717, 1.165) is 21.3 Å². The molecule has 0 atom stereocenters. The smallest absolute Gasteiger partial charge is 0.125 e. The van der Waals surface area contributed by atoms with Gasteiger partial charge in [-0.3, -0.25) is 9.55 Å². The van der Waals surface area contributed by atoms with Crippen LogP contribution in [0.2, 0.25) is 0 Å². The van der Waals surface area contributed by atoms with E-state index < -0.39 is 0 Å². The molecule has 0 N–H and O–H groups in total. The van der Waals surface area contributed by atoms with Crippen LogP contribution in [-0.4, -0.2) is 19.1 Å². The first-order valence-electron chi connectivity index (χ1n) is 12.3. The van der Waals surface area contributed by atoms with Crippen LogP contribution in [0.3, 0.4) is 0 Å². The summed E-state index contributed by atoms with van der Waals surface area (Å²) in [6.07, 6.45) is 5.76. The highest BCUT2D eigenvalue weighted by Crippen LogP contribution is 2.43. The fourth-order valence-electron chi connectivity index (χ4n) is 5.60. The zero-order valence-corrected chi connectivity index (χ0v) is 20.6. The van der Waals surface area contributed by atoms with Gasteiger partial charge in [-0.2, -0.15) is 0 Å². The van der Waals surface area contributed by atoms with Gasteiger partial charge < -0.3 is 4.57 Å². The number of hydrogen-bond acceptors (Lipinski definition) is 3. The number of thiazole rings is 1. The Labute approximate surface area is 216 Å². The van der Waals surface area contributed by atoms with Gasteiger partial charge in [-0.1, -0.05) is 78.1 Å². The van der Waals surface area contributed by atoms with Crippen molar-refractivity contribution in [1.29, 1.82) is 0 Å². The zero-order valence-electron chi connectivity index (χ0n) is 19.7. The predicted molar refractivity (Wildman–Crippen MR) is 154 cm³/mol. The molecule has 0 aliphatic carbocycles. The van der Waals surface area contributed by atoms with Crippen molar-refractivity contribution in [2.24, 2.45) is 0 Å². The summed E-state index contributed by atoms with van der Waals surface area (Å²) in [5.41, 5.74) is 6.93. The molecule has 8 rings (SSSR count). The molecule has 4 heterocycles. The predicted octanol–water partition coefficient (Wildman–Crippen LogP) is 8.40. The van der Waals surface area contributed by atoms with Crippen LogP contribution in [0, 0.1) is 0 Å². The quantitative estimate of drug-likeness (QED) is 0.248. The van der Waals surface area contributed by atoms with Gasteiger partial charge in [0.15, 0.2) is 0 Å². The van der Waals surface area contributed by atoms with Crippen molar-refractivity contribution in [3.63, 3.8) is 0 Å². The Kier molecular flexibility index (Phi) is 4.36. The van der Waals surface area contributed by atoms with Crippen LogP contribution >= 0.6 is 11.3 Å². The second-order valence-electron chi connectivity index (χ2n) is 9.14. The minimum absolute atomic E-state index is 1.02. The fraction of sp³-hybridized carbons (Fsp3) is 0. The van der Waals surface area contributed by atoms with Crippen molar-refractivity contribution in [2.45, 2.75) is 0 Å². The monoisotopic (exact) mass is 492 g/mol. The van der Waals surface area contributed by atoms with E-state index >= 15 is 0 Å². The molecule has 0 aliphatic heterocycles. The first kappa shape index (κ1) is 20.5. The summed E-state index contributed by atoms with van der Waals surface area (Å²) in [7, 11) is 0. The topological polar surface area (TPSA) is 35.6 Å². The van der Waals surface area contributed by atoms with Gasteiger partial charge >= 0.3 is 0 Å². The summed E-state index contributed by atoms with van der Waals surface area (Å²) in [5, 5.41) is 7.15. The maximum atomic E-state index is 4.80. The minimum Gasteiger partial charge on any atom is -0.308 e. The lowest BCUT2D eigenvalue weighted by molar-refractivity contribution is 1.14. The van der Waals surface area contributed by atoms with E-state index in [4.69, 9.17) is 4.98 Å². The Balaban J connectivity index is 1.50. The number of para-hydroxylation sites is 2. The summed E-state index contributed by atoms with van der Waals surface area (Å²) in [4.78, 5) is 9.21. The highest BCUT2D eigenvalue weighted by atomic mass is 32.1. The third-order valence-corrected chi connectivity index (χ3v) is 8.14. The highest BCUT2D eigenvalue weighted by Gasteiger charge is 2.21. The van der Waals surface area contributed by atoms with Gasteiger partial charge in [0.1, 0.15) is 10.0 Å². The molecule has 0 radical (unpaired) electrons. The molecule has 8 aromatic rings. The number of benzene rings is 4. The van der Waals surface area contributed by atoms with Crippen LogP contribution in [0.4, 0.5) is 0 Å². The van der Waals surface area contributed by atoms with Gasteiger partial charge in [0.2, 0.25) is 0 Å². The standard InChI is InChI=1S/C32H20N4S/c1-2-9-21(10-3-1)32-34-20-29(37-32)36-26-15-7-5-13-24(26)31-28(36)17-16-27-30(31)23-12-4-6-14-25(23)35(27)22-11-8-18-33-19-22/h1-20H. The number of nitrogens with zero attached hydrogens (tertiary/aromatic N) is 4. The van der Waals surface area contributed by atoms with E-state index in [-0.39, 0.29) is 0 Å². The molecule has 0 saturated heterocycles. The van der Waals surface area contributed by atoms with Crippen LogP contribution in [-0.2, 0) is 0 Å². The van der Waals surface area contributed by atoms with E-state index in [1.807, 2.05) is 30.7 Å². The SMILES string of the molecule is c1ccc(-c2ncc(-n3c4ccccc4c4c5c6ccccc6n(-c6cccnc6)c5ccc43)s2)cc1. The molecule has 0 aliphatic rings. The third-order valence-electron chi connectivity index (χ3n) is 7.11. The van der Waals surface area contributed by atoms with Gasteiger partial charge in [0, 0.05) is 33.3 Å². The Hall–Kier alpha value is -4.74. The molecule has 0 fully saturated rings. The normalized spacial score (nSPS) is 11.8. The Morgan fingerprint density at radius 2 is 1.19 bits per heavy atom. The van der Waals surface area contributed by atoms with Gasteiger partial charge in [-0.25, -0.2) is 4.98 Å². The highest BCUT2D eigenvalue weighted by molar-refractivity contribution is 7.17. The van der Waals surface area contributed by atoms with Gasteiger partial charge in [-0.05, 0) is 36.4 Å². The summed E-state index contributed by atoms with van der Waals surface area (Å²) in [6.45, 7) is 0. The largest absolute Gasteiger partial charge is 0.308 e. The van der Waals surface area contributed by atoms with Gasteiger partial charge in [-0.15, -0.1) is 0 Å². The molecular weight excluding hydrogens is 472 g/mol. The van der Waals surface area contributed by atoms with Crippen molar-refractivity contribution >= 4 is 54.9 Å². The summed E-state index contributed by atoms with van der Waals surface area (Å²) in [6, 6.07) is 36.4. The van der Waals surface area contributed by atoms with E-state index in [9.17, 15) is 0 Å². The number of aromatic nitrogens is 4. The van der Waals surface area contributed by atoms with E-state index in [0.29, 0.717) is 0 Å². The lowest BCUT2D eigenvalue weighted by Crippen LogP contribution is -1.94. The van der Waals surface area contributed by atoms with Crippen molar-refractivity contribution < 1.29 is 0 Å². The van der Waals surface area contributed by atoms with Gasteiger partial charge in [0.25, 0.3) is 0 Å². The van der Waals surface area contributed by atoms with Crippen molar-refractivity contribution in [3.8, 4) is 21.3 Å².